The van der Waals surface area contributed by atoms with Crippen molar-refractivity contribution in [2.75, 3.05) is 18.1 Å². The molecule has 0 aromatic carbocycles. The van der Waals surface area contributed by atoms with Gasteiger partial charge in [-0.15, -0.1) is 0 Å². The van der Waals surface area contributed by atoms with Crippen LogP contribution in [-0.4, -0.2) is 45.3 Å². The van der Waals surface area contributed by atoms with Crippen molar-refractivity contribution in [2.45, 2.75) is 26.3 Å². The van der Waals surface area contributed by atoms with E-state index < -0.39 is 10.8 Å². The van der Waals surface area contributed by atoms with Crippen molar-refractivity contribution in [2.24, 2.45) is 10.9 Å². The van der Waals surface area contributed by atoms with Crippen molar-refractivity contribution in [3.63, 3.8) is 0 Å². The highest BCUT2D eigenvalue weighted by Gasteiger charge is 2.22. The van der Waals surface area contributed by atoms with Crippen LogP contribution in [0.5, 0.6) is 0 Å². The van der Waals surface area contributed by atoms with E-state index in [0.29, 0.717) is 18.8 Å². The van der Waals surface area contributed by atoms with Crippen LogP contribution in [0.3, 0.4) is 0 Å². The number of hydrogen-bond acceptors (Lipinski definition) is 7. The van der Waals surface area contributed by atoms with Gasteiger partial charge in [0, 0.05) is 25.3 Å². The minimum atomic E-state index is -0.641. The van der Waals surface area contributed by atoms with E-state index in [9.17, 15) is 10.1 Å². The molecule has 9 nitrogen and oxygen atoms in total. The topological polar surface area (TPSA) is 138 Å². The zero-order valence-corrected chi connectivity index (χ0v) is 11.9. The van der Waals surface area contributed by atoms with E-state index in [1.165, 1.54) is 12.1 Å². The summed E-state index contributed by atoms with van der Waals surface area (Å²) in [5.41, 5.74) is 4.93. The molecule has 1 heterocycles. The molecule has 0 aliphatic carbocycles. The third kappa shape index (κ3) is 4.02. The first-order valence-electron chi connectivity index (χ1n) is 6.43. The lowest BCUT2D eigenvalue weighted by Crippen LogP contribution is -2.33. The lowest BCUT2D eigenvalue weighted by molar-refractivity contribution is -0.385. The zero-order chi connectivity index (χ0) is 16.0. The van der Waals surface area contributed by atoms with E-state index in [0.717, 1.165) is 0 Å². The van der Waals surface area contributed by atoms with Crippen molar-refractivity contribution in [3.8, 4) is 0 Å². The Morgan fingerprint density at radius 3 is 2.71 bits per heavy atom. The van der Waals surface area contributed by atoms with Crippen LogP contribution in [0.15, 0.2) is 17.3 Å². The molecule has 1 rings (SSSR count). The van der Waals surface area contributed by atoms with Crippen molar-refractivity contribution in [1.29, 1.82) is 0 Å². The van der Waals surface area contributed by atoms with Crippen LogP contribution >= 0.6 is 0 Å². The summed E-state index contributed by atoms with van der Waals surface area (Å²) in [6.07, 6.45) is 0.537. The largest absolute Gasteiger partial charge is 0.409 e. The maximum Gasteiger partial charge on any atom is 0.298 e. The van der Waals surface area contributed by atoms with Gasteiger partial charge in [-0.1, -0.05) is 5.16 Å². The summed E-state index contributed by atoms with van der Waals surface area (Å²) in [6.45, 7) is 4.44. The van der Waals surface area contributed by atoms with Crippen molar-refractivity contribution in [3.05, 3.63) is 27.9 Å². The summed E-state index contributed by atoms with van der Waals surface area (Å²) in [6, 6.07) is 2.85. The molecule has 21 heavy (non-hydrogen) atoms. The Balaban J connectivity index is 3.28. The van der Waals surface area contributed by atoms with Gasteiger partial charge in [0.15, 0.2) is 11.5 Å². The monoisotopic (exact) mass is 297 g/mol. The van der Waals surface area contributed by atoms with Crippen molar-refractivity contribution in [1.82, 2.24) is 4.98 Å². The highest BCUT2D eigenvalue weighted by atomic mass is 16.6. The van der Waals surface area contributed by atoms with Gasteiger partial charge < -0.3 is 20.9 Å². The number of anilines is 1. The minimum Gasteiger partial charge on any atom is -0.409 e. The number of aliphatic hydroxyl groups is 1. The Hall–Kier alpha value is -2.42. The first-order chi connectivity index (χ1) is 9.92. The zero-order valence-electron chi connectivity index (χ0n) is 11.9. The molecular formula is C12H19N5O4. The normalized spacial score (nSPS) is 11.7. The van der Waals surface area contributed by atoms with Gasteiger partial charge in [-0.3, -0.25) is 10.1 Å². The quantitative estimate of drug-likeness (QED) is 0.221. The molecule has 0 radical (unpaired) electrons. The van der Waals surface area contributed by atoms with Gasteiger partial charge in [-0.05, 0) is 26.3 Å². The second kappa shape index (κ2) is 7.39. The van der Waals surface area contributed by atoms with Crippen LogP contribution in [0.4, 0.5) is 11.5 Å². The number of pyridine rings is 1. The molecule has 0 spiro atoms. The molecule has 0 atom stereocenters. The predicted molar refractivity (Wildman–Crippen MR) is 77.6 cm³/mol. The number of hydrogen-bond donors (Lipinski definition) is 3. The second-order valence-electron chi connectivity index (χ2n) is 4.64. The fourth-order valence-corrected chi connectivity index (χ4v) is 1.86. The molecule has 9 heteroatoms. The molecule has 1 aromatic heterocycles. The predicted octanol–water partition coefficient (Wildman–Crippen LogP) is 0.682. The van der Waals surface area contributed by atoms with Gasteiger partial charge in [-0.2, -0.15) is 0 Å². The molecule has 0 amide bonds. The Bertz CT molecular complexity index is 532. The molecule has 4 N–H and O–H groups in total. The second-order valence-corrected chi connectivity index (χ2v) is 4.64. The van der Waals surface area contributed by atoms with Gasteiger partial charge in [0.25, 0.3) is 5.69 Å². The van der Waals surface area contributed by atoms with Gasteiger partial charge in [0.1, 0.15) is 5.82 Å². The maximum absolute atomic E-state index is 11.0. The number of rotatable bonds is 7. The molecule has 0 unspecified atom stereocenters. The first-order valence-corrected chi connectivity index (χ1v) is 6.43. The highest BCUT2D eigenvalue weighted by Crippen LogP contribution is 2.22. The average Bonchev–Trinajstić information content (AvgIpc) is 2.46. The standard InChI is InChI=1S/C12H19N5O4/c1-8(2)16(6-3-7-18)10-5-4-9(17(20)21)11(14-10)12(13)15-19/h4-5,8,18-19H,3,6-7H2,1-2H3,(H2,13,15). The third-order valence-corrected chi connectivity index (χ3v) is 2.88. The molecular weight excluding hydrogens is 278 g/mol. The number of nitrogens with zero attached hydrogens (tertiary/aromatic N) is 4. The summed E-state index contributed by atoms with van der Waals surface area (Å²) in [5, 5.41) is 31.4. The lowest BCUT2D eigenvalue weighted by Gasteiger charge is -2.27. The van der Waals surface area contributed by atoms with E-state index >= 15 is 0 Å². The molecule has 0 fully saturated rings. The van der Waals surface area contributed by atoms with Gasteiger partial charge in [0.2, 0.25) is 0 Å². The van der Waals surface area contributed by atoms with Crippen LogP contribution in [0.2, 0.25) is 0 Å². The fraction of sp³-hybridized carbons (Fsp3) is 0.500. The van der Waals surface area contributed by atoms with Crippen LogP contribution in [0.1, 0.15) is 26.0 Å². The summed E-state index contributed by atoms with van der Waals surface area (Å²) in [7, 11) is 0. The van der Waals surface area contributed by atoms with Crippen LogP contribution in [0, 0.1) is 10.1 Å². The van der Waals surface area contributed by atoms with E-state index in [2.05, 4.69) is 10.1 Å². The van der Waals surface area contributed by atoms with Gasteiger partial charge in [-0.25, -0.2) is 4.98 Å². The molecule has 0 saturated heterocycles. The number of amidine groups is 1. The number of nitrogens with two attached hydrogens (primary N) is 1. The number of aliphatic hydroxyl groups excluding tert-OH is 1. The smallest absolute Gasteiger partial charge is 0.298 e. The lowest BCUT2D eigenvalue weighted by atomic mass is 10.2. The van der Waals surface area contributed by atoms with Gasteiger partial charge in [0.05, 0.1) is 4.92 Å². The molecule has 0 aliphatic rings. The number of oxime groups is 1. The Morgan fingerprint density at radius 2 is 2.24 bits per heavy atom. The third-order valence-electron chi connectivity index (χ3n) is 2.88. The Morgan fingerprint density at radius 1 is 1.57 bits per heavy atom. The number of aromatic nitrogens is 1. The van der Waals surface area contributed by atoms with Crippen LogP contribution < -0.4 is 10.6 Å². The molecule has 0 aliphatic heterocycles. The average molecular weight is 297 g/mol. The van der Waals surface area contributed by atoms with Crippen LogP contribution in [-0.2, 0) is 0 Å². The summed E-state index contributed by atoms with van der Waals surface area (Å²) in [4.78, 5) is 16.3. The SMILES string of the molecule is CC(C)N(CCCO)c1ccc([N+](=O)[O-])c(/C(N)=N/O)n1. The highest BCUT2D eigenvalue weighted by molar-refractivity contribution is 5.99. The summed E-state index contributed by atoms with van der Waals surface area (Å²) < 4.78 is 0. The molecule has 1 aromatic rings. The van der Waals surface area contributed by atoms with Crippen LogP contribution in [0.25, 0.3) is 0 Å². The van der Waals surface area contributed by atoms with Crippen molar-refractivity contribution < 1.29 is 15.2 Å². The molecule has 116 valence electrons. The molecule has 0 bridgehead atoms. The number of nitro groups is 1. The van der Waals surface area contributed by atoms with E-state index in [-0.39, 0.29) is 24.0 Å². The molecule has 0 saturated carbocycles. The maximum atomic E-state index is 11.0. The van der Waals surface area contributed by atoms with Gasteiger partial charge >= 0.3 is 0 Å². The fourth-order valence-electron chi connectivity index (χ4n) is 1.86. The van der Waals surface area contributed by atoms with E-state index in [1.807, 2.05) is 18.7 Å². The summed E-state index contributed by atoms with van der Waals surface area (Å²) >= 11 is 0. The first kappa shape index (κ1) is 16.6. The Labute approximate surface area is 121 Å². The van der Waals surface area contributed by atoms with E-state index in [1.54, 1.807) is 0 Å². The van der Waals surface area contributed by atoms with E-state index in [4.69, 9.17) is 16.0 Å². The van der Waals surface area contributed by atoms with Crippen molar-refractivity contribution >= 4 is 17.3 Å². The minimum absolute atomic E-state index is 0.0310. The Kier molecular flexibility index (Phi) is 5.85. The summed E-state index contributed by atoms with van der Waals surface area (Å²) in [5.74, 6) is 0.0417.